The maximum Gasteiger partial charge on any atom is 0.198 e. The van der Waals surface area contributed by atoms with Crippen LogP contribution in [0.2, 0.25) is 0 Å². The first-order valence-electron chi connectivity index (χ1n) is 4.25. The third kappa shape index (κ3) is 3.67. The van der Waals surface area contributed by atoms with Crippen LogP contribution in [0, 0.1) is 5.41 Å². The molecule has 0 amide bonds. The molecule has 0 aromatic carbocycles. The fraction of sp³-hybridized carbons (Fsp3) is 0.750. The van der Waals surface area contributed by atoms with Gasteiger partial charge >= 0.3 is 0 Å². The third-order valence-electron chi connectivity index (χ3n) is 1.49. The highest BCUT2D eigenvalue weighted by Crippen LogP contribution is 2.00. The van der Waals surface area contributed by atoms with Gasteiger partial charge in [0.05, 0.1) is 11.5 Å². The van der Waals surface area contributed by atoms with Crippen LogP contribution in [0.3, 0.4) is 0 Å². The maximum absolute atomic E-state index is 11.3. The number of aliphatic imine (C=N–C) groups is 1. The number of hydrogen-bond donors (Lipinski definition) is 1. The smallest absolute Gasteiger partial charge is 0.198 e. The van der Waals surface area contributed by atoms with Crippen molar-refractivity contribution in [3.05, 3.63) is 0 Å². The van der Waals surface area contributed by atoms with E-state index in [1.165, 1.54) is 0 Å². The van der Waals surface area contributed by atoms with Gasteiger partial charge in [-0.2, -0.15) is 0 Å². The highest BCUT2D eigenvalue weighted by atomic mass is 32.2. The second-order valence-corrected chi connectivity index (χ2v) is 5.47. The lowest BCUT2D eigenvalue weighted by Crippen LogP contribution is -2.24. The Bertz CT molecular complexity index is 291. The monoisotopic (exact) mass is 204 g/mol. The molecule has 0 aromatic heterocycles. The third-order valence-corrected chi connectivity index (χ3v) is 3.45. The zero-order valence-electron chi connectivity index (χ0n) is 8.24. The van der Waals surface area contributed by atoms with Crippen molar-refractivity contribution in [1.29, 1.82) is 5.41 Å². The quantitative estimate of drug-likeness (QED) is 0.553. The zero-order valence-corrected chi connectivity index (χ0v) is 9.06. The molecule has 0 aromatic rings. The number of nitrogens with one attached hydrogen (secondary N) is 1. The molecule has 0 saturated heterocycles. The molecule has 0 heterocycles. The summed E-state index contributed by atoms with van der Waals surface area (Å²) in [6, 6.07) is 0. The van der Waals surface area contributed by atoms with Crippen molar-refractivity contribution in [1.82, 2.24) is 0 Å². The first-order chi connectivity index (χ1) is 5.92. The van der Waals surface area contributed by atoms with E-state index < -0.39 is 20.1 Å². The molecular formula is C8H16N2O2S. The van der Waals surface area contributed by atoms with Crippen molar-refractivity contribution in [2.45, 2.75) is 32.4 Å². The molecule has 0 aliphatic heterocycles. The van der Waals surface area contributed by atoms with E-state index in [9.17, 15) is 8.42 Å². The summed E-state index contributed by atoms with van der Waals surface area (Å²) in [4.78, 5) is 3.81. The summed E-state index contributed by atoms with van der Waals surface area (Å²) in [6.45, 7) is 5.61. The minimum Gasteiger partial charge on any atom is -0.290 e. The van der Waals surface area contributed by atoms with Crippen LogP contribution in [0.4, 0.5) is 0 Å². The van der Waals surface area contributed by atoms with E-state index >= 15 is 0 Å². The Hall–Kier alpha value is -0.710. The Balaban J connectivity index is 4.45. The van der Waals surface area contributed by atoms with Gasteiger partial charge in [0.2, 0.25) is 0 Å². The Kier molecular flexibility index (Phi) is 4.83. The molecule has 13 heavy (non-hydrogen) atoms. The second-order valence-electron chi connectivity index (χ2n) is 2.99. The Morgan fingerprint density at radius 2 is 2.08 bits per heavy atom. The average molecular weight is 204 g/mol. The summed E-state index contributed by atoms with van der Waals surface area (Å²) in [7, 11) is -3.42. The normalized spacial score (nSPS) is 12.6. The fourth-order valence-electron chi connectivity index (χ4n) is 0.604. The summed E-state index contributed by atoms with van der Waals surface area (Å²) in [6.07, 6.45) is 1.98. The highest BCUT2D eigenvalue weighted by Gasteiger charge is 2.20. The van der Waals surface area contributed by atoms with E-state index in [-0.39, 0.29) is 0 Å². The predicted octanol–water partition coefficient (Wildman–Crippen LogP) is 1.27. The molecule has 0 unspecified atom stereocenters. The molecule has 5 heteroatoms. The molecular weight excluding hydrogens is 188 g/mol. The van der Waals surface area contributed by atoms with Gasteiger partial charge in [-0.1, -0.05) is 6.92 Å². The second kappa shape index (κ2) is 5.11. The molecule has 0 fully saturated rings. The molecule has 0 aliphatic carbocycles. The van der Waals surface area contributed by atoms with Gasteiger partial charge in [-0.3, -0.25) is 10.4 Å². The van der Waals surface area contributed by atoms with E-state index in [4.69, 9.17) is 5.41 Å². The van der Waals surface area contributed by atoms with Gasteiger partial charge in [-0.05, 0) is 20.3 Å². The lowest BCUT2D eigenvalue weighted by Gasteiger charge is -2.04. The molecule has 0 radical (unpaired) electrons. The summed E-state index contributed by atoms with van der Waals surface area (Å²) in [5, 5.41) is 6.32. The Morgan fingerprint density at radius 3 is 2.46 bits per heavy atom. The molecule has 0 saturated carbocycles. The molecule has 76 valence electrons. The molecule has 0 rings (SSSR count). The number of rotatable bonds is 4. The van der Waals surface area contributed by atoms with Crippen LogP contribution in [-0.4, -0.2) is 31.5 Å². The van der Waals surface area contributed by atoms with Crippen LogP contribution in [0.15, 0.2) is 4.99 Å². The fourth-order valence-corrected chi connectivity index (χ4v) is 1.33. The van der Waals surface area contributed by atoms with Gasteiger partial charge in [-0.25, -0.2) is 8.42 Å². The van der Waals surface area contributed by atoms with E-state index in [1.807, 2.05) is 6.92 Å². The van der Waals surface area contributed by atoms with Gasteiger partial charge in [0.25, 0.3) is 0 Å². The van der Waals surface area contributed by atoms with Gasteiger partial charge < -0.3 is 0 Å². The van der Waals surface area contributed by atoms with E-state index in [0.29, 0.717) is 6.54 Å². The van der Waals surface area contributed by atoms with E-state index in [2.05, 4.69) is 4.99 Å². The van der Waals surface area contributed by atoms with E-state index in [1.54, 1.807) is 13.8 Å². The number of hydrogen-bond acceptors (Lipinski definition) is 4. The maximum atomic E-state index is 11.3. The lowest BCUT2D eigenvalue weighted by molar-refractivity contribution is 0.599. The first kappa shape index (κ1) is 12.3. The van der Waals surface area contributed by atoms with Gasteiger partial charge in [0.15, 0.2) is 14.9 Å². The summed E-state index contributed by atoms with van der Waals surface area (Å²) >= 11 is 0. The Morgan fingerprint density at radius 1 is 1.54 bits per heavy atom. The van der Waals surface area contributed by atoms with Crippen molar-refractivity contribution >= 4 is 21.1 Å². The standard InChI is InChI=1S/C8H16N2O2S/c1-4-5-10-6-8(9)13(11,12)7(2)3/h6-7,9H,4-5H2,1-3H3. The minimum atomic E-state index is -3.42. The van der Waals surface area contributed by atoms with Crippen molar-refractivity contribution < 1.29 is 8.42 Å². The minimum absolute atomic E-state index is 0.393. The topological polar surface area (TPSA) is 70.3 Å². The van der Waals surface area contributed by atoms with Crippen LogP contribution < -0.4 is 0 Å². The number of sulfone groups is 1. The predicted molar refractivity (Wildman–Crippen MR) is 55.4 cm³/mol. The number of nitrogens with zero attached hydrogens (tertiary/aromatic N) is 1. The van der Waals surface area contributed by atoms with Crippen LogP contribution in [0.25, 0.3) is 0 Å². The van der Waals surface area contributed by atoms with Crippen molar-refractivity contribution in [3.8, 4) is 0 Å². The van der Waals surface area contributed by atoms with Crippen LogP contribution in [0.1, 0.15) is 27.2 Å². The zero-order chi connectivity index (χ0) is 10.5. The highest BCUT2D eigenvalue weighted by molar-refractivity contribution is 8.08. The lowest BCUT2D eigenvalue weighted by atomic mass is 10.5. The molecule has 4 nitrogen and oxygen atoms in total. The molecule has 0 spiro atoms. The van der Waals surface area contributed by atoms with Crippen LogP contribution in [0.5, 0.6) is 0 Å². The summed E-state index contributed by atoms with van der Waals surface area (Å²) in [5.41, 5.74) is 0. The molecule has 0 atom stereocenters. The van der Waals surface area contributed by atoms with Crippen LogP contribution in [-0.2, 0) is 9.84 Å². The van der Waals surface area contributed by atoms with Crippen molar-refractivity contribution in [2.75, 3.05) is 6.54 Å². The summed E-state index contributed by atoms with van der Waals surface area (Å²) in [5.74, 6) is 0. The molecule has 0 bridgehead atoms. The van der Waals surface area contributed by atoms with E-state index in [0.717, 1.165) is 12.6 Å². The van der Waals surface area contributed by atoms with Crippen molar-refractivity contribution in [2.24, 2.45) is 4.99 Å². The largest absolute Gasteiger partial charge is 0.290 e. The van der Waals surface area contributed by atoms with Gasteiger partial charge in [0.1, 0.15) is 0 Å². The molecule has 1 N–H and O–H groups in total. The first-order valence-corrected chi connectivity index (χ1v) is 5.79. The van der Waals surface area contributed by atoms with Crippen molar-refractivity contribution in [3.63, 3.8) is 0 Å². The average Bonchev–Trinajstić information content (AvgIpc) is 2.04. The Labute approximate surface area is 79.5 Å². The van der Waals surface area contributed by atoms with Gasteiger partial charge in [0, 0.05) is 6.54 Å². The van der Waals surface area contributed by atoms with Gasteiger partial charge in [-0.15, -0.1) is 0 Å². The summed E-state index contributed by atoms with van der Waals surface area (Å²) < 4.78 is 22.6. The van der Waals surface area contributed by atoms with Crippen LogP contribution >= 0.6 is 0 Å². The molecule has 0 aliphatic rings. The SMILES string of the molecule is CCCN=CC(=N)S(=O)(=O)C(C)C.